The molecule has 164 valence electrons. The average molecular weight is 365 g/mol. The summed E-state index contributed by atoms with van der Waals surface area (Å²) in [6.45, 7) is 13.0. The minimum atomic E-state index is -0.167. The fourth-order valence-electron chi connectivity index (χ4n) is 0. The van der Waals surface area contributed by atoms with Gasteiger partial charge in [-0.15, -0.1) is 0 Å². The Kier molecular flexibility index (Phi) is 301. The van der Waals surface area contributed by atoms with Crippen LogP contribution in [-0.2, 0) is 9.59 Å². The van der Waals surface area contributed by atoms with Gasteiger partial charge in [0.25, 0.3) is 0 Å². The zero-order valence-corrected chi connectivity index (χ0v) is 11.9. The predicted octanol–water partition coefficient (Wildman–Crippen LogP) is 7.05. The van der Waals surface area contributed by atoms with E-state index in [1.54, 1.807) is 27.7 Å². The van der Waals surface area contributed by atoms with E-state index in [-0.39, 0.29) is 83.2 Å². The van der Waals surface area contributed by atoms with E-state index in [9.17, 15) is 9.59 Å². The molecule has 4 heteroatoms. The molecule has 0 atom stereocenters. The van der Waals surface area contributed by atoms with Gasteiger partial charge in [-0.05, 0) is 55.4 Å². The van der Waals surface area contributed by atoms with E-state index in [0.717, 1.165) is 0 Å². The van der Waals surface area contributed by atoms with Crippen molar-refractivity contribution in [1.29, 1.82) is 0 Å². The van der Waals surface area contributed by atoms with Gasteiger partial charge in [-0.2, -0.15) is 0 Å². The Morgan fingerprint density at radius 3 is 0.500 bits per heavy atom. The maximum atomic E-state index is 9.44. The van der Waals surface area contributed by atoms with Gasteiger partial charge in [0.05, 0.1) is 0 Å². The lowest BCUT2D eigenvalue weighted by Crippen LogP contribution is -1.85. The van der Waals surface area contributed by atoms with E-state index in [0.29, 0.717) is 0 Å². The molecule has 0 spiro atoms. The van der Waals surface area contributed by atoms with Crippen molar-refractivity contribution < 1.29 is 19.8 Å². The number of hydrogen-bond donors (Lipinski definition) is 2. The molecule has 0 bridgehead atoms. The molecule has 0 fully saturated rings. The van der Waals surface area contributed by atoms with Gasteiger partial charge in [0.2, 0.25) is 0 Å². The molecule has 0 aromatic carbocycles. The number of ketones is 2. The normalized spacial score (nSPS) is 5.17. The second-order valence-electron chi connectivity index (χ2n) is 4.00. The van der Waals surface area contributed by atoms with E-state index >= 15 is 0 Å². The summed E-state index contributed by atoms with van der Waals surface area (Å²) in [5, 5.41) is 16.1. The summed E-state index contributed by atoms with van der Waals surface area (Å²) in [6, 6.07) is 0. The standard InChI is InChI=1S/2C3H8O.2C3H6O.8CH4/c4*1-3(2)4;;;;;;;;/h2*3-4H,1-2H3;2*1-2H3;8*1H4. The lowest BCUT2D eigenvalue weighted by molar-refractivity contribution is -0.115. The van der Waals surface area contributed by atoms with Crippen molar-refractivity contribution in [2.75, 3.05) is 0 Å². The molecule has 0 aromatic rings. The fourth-order valence-corrected chi connectivity index (χ4v) is 0. The predicted molar refractivity (Wildman–Crippen MR) is 121 cm³/mol. The highest BCUT2D eigenvalue weighted by Crippen LogP contribution is 1.65. The molecule has 0 aliphatic rings. The Morgan fingerprint density at radius 1 is 0.500 bits per heavy atom. The zero-order valence-electron chi connectivity index (χ0n) is 11.9. The molecule has 0 amide bonds. The summed E-state index contributed by atoms with van der Waals surface area (Å²) < 4.78 is 0. The van der Waals surface area contributed by atoms with Crippen LogP contribution in [0, 0.1) is 0 Å². The molecular weight excluding hydrogens is 304 g/mol. The summed E-state index contributed by atoms with van der Waals surface area (Å²) in [4.78, 5) is 18.9. The summed E-state index contributed by atoms with van der Waals surface area (Å²) >= 11 is 0. The van der Waals surface area contributed by atoms with Gasteiger partial charge < -0.3 is 19.8 Å². The highest BCUT2D eigenvalue weighted by molar-refractivity contribution is 5.72. The van der Waals surface area contributed by atoms with Crippen LogP contribution in [-0.4, -0.2) is 34.0 Å². The maximum absolute atomic E-state index is 9.44. The largest absolute Gasteiger partial charge is 0.394 e. The van der Waals surface area contributed by atoms with Crippen molar-refractivity contribution in [1.82, 2.24) is 0 Å². The van der Waals surface area contributed by atoms with Gasteiger partial charge in [0.15, 0.2) is 0 Å². The van der Waals surface area contributed by atoms with Gasteiger partial charge in [-0.1, -0.05) is 59.4 Å². The van der Waals surface area contributed by atoms with Crippen LogP contribution >= 0.6 is 0 Å². The second-order valence-corrected chi connectivity index (χ2v) is 4.00. The topological polar surface area (TPSA) is 74.6 Å². The highest BCUT2D eigenvalue weighted by atomic mass is 16.3. The number of carbonyl (C=O) groups is 2. The van der Waals surface area contributed by atoms with Crippen LogP contribution in [0.1, 0.15) is 115 Å². The first-order valence-corrected chi connectivity index (χ1v) is 5.23. The van der Waals surface area contributed by atoms with Gasteiger partial charge in [-0.25, -0.2) is 0 Å². The third-order valence-corrected chi connectivity index (χ3v) is 0. The summed E-state index contributed by atoms with van der Waals surface area (Å²) in [5.74, 6) is 0.333. The number of carbonyl (C=O) groups excluding carboxylic acids is 2. The lowest BCUT2D eigenvalue weighted by atomic mass is 10.5. The zero-order chi connectivity index (χ0) is 14.3. The highest BCUT2D eigenvalue weighted by Gasteiger charge is 1.69. The number of aliphatic hydroxyl groups excluding tert-OH is 2. The number of hydrogen-bond acceptors (Lipinski definition) is 4. The van der Waals surface area contributed by atoms with Gasteiger partial charge in [0.1, 0.15) is 11.6 Å². The summed E-state index contributed by atoms with van der Waals surface area (Å²) in [5.41, 5.74) is 0. The van der Waals surface area contributed by atoms with Crippen LogP contribution < -0.4 is 0 Å². The van der Waals surface area contributed by atoms with Crippen LogP contribution in [0.4, 0.5) is 0 Å². The molecule has 0 saturated carbocycles. The smallest absolute Gasteiger partial charge is 0.126 e. The molecule has 0 radical (unpaired) electrons. The second kappa shape index (κ2) is 79.4. The van der Waals surface area contributed by atoms with E-state index < -0.39 is 0 Å². The Labute approximate surface area is 159 Å². The Balaban J connectivity index is -0.00000000720. The van der Waals surface area contributed by atoms with E-state index in [2.05, 4.69) is 0 Å². The van der Waals surface area contributed by atoms with Crippen molar-refractivity contribution in [2.24, 2.45) is 0 Å². The van der Waals surface area contributed by atoms with Gasteiger partial charge >= 0.3 is 0 Å². The van der Waals surface area contributed by atoms with Crippen molar-refractivity contribution in [3.8, 4) is 0 Å². The third-order valence-electron chi connectivity index (χ3n) is 0. The molecule has 4 nitrogen and oxygen atoms in total. The fraction of sp³-hybridized carbons (Fsp3) is 0.900. The molecule has 24 heavy (non-hydrogen) atoms. The summed E-state index contributed by atoms with van der Waals surface area (Å²) in [6.07, 6.45) is -0.333. The van der Waals surface area contributed by atoms with Crippen LogP contribution in [0.2, 0.25) is 0 Å². The minimum absolute atomic E-state index is 0. The van der Waals surface area contributed by atoms with Crippen LogP contribution in [0.5, 0.6) is 0 Å². The Hall–Kier alpha value is -0.740. The van der Waals surface area contributed by atoms with Crippen molar-refractivity contribution in [3.05, 3.63) is 0 Å². The Morgan fingerprint density at radius 2 is 0.500 bits per heavy atom. The van der Waals surface area contributed by atoms with Gasteiger partial charge in [0, 0.05) is 12.2 Å². The van der Waals surface area contributed by atoms with E-state index in [1.165, 1.54) is 27.7 Å². The molecular formula is C20H60O4. The first-order chi connectivity index (χ1) is 6.93. The van der Waals surface area contributed by atoms with Gasteiger partial charge in [-0.3, -0.25) is 0 Å². The SMILES string of the molecule is C.C.C.C.C.C.C.C.CC(C)=O.CC(C)=O.CC(C)O.CC(C)O. The van der Waals surface area contributed by atoms with Crippen LogP contribution in [0.15, 0.2) is 0 Å². The Bertz CT molecular complexity index is 122. The maximum Gasteiger partial charge on any atom is 0.126 e. The van der Waals surface area contributed by atoms with Crippen LogP contribution in [0.25, 0.3) is 0 Å². The molecule has 0 saturated heterocycles. The van der Waals surface area contributed by atoms with E-state index in [4.69, 9.17) is 10.2 Å². The van der Waals surface area contributed by atoms with Crippen molar-refractivity contribution >= 4 is 11.6 Å². The molecule has 0 aliphatic heterocycles. The third kappa shape index (κ3) is 15900. The van der Waals surface area contributed by atoms with Crippen molar-refractivity contribution in [2.45, 2.75) is 127 Å². The monoisotopic (exact) mass is 364 g/mol. The number of rotatable bonds is 0. The van der Waals surface area contributed by atoms with Crippen LogP contribution in [0.3, 0.4) is 0 Å². The minimum Gasteiger partial charge on any atom is -0.394 e. The number of aliphatic hydroxyl groups is 2. The average Bonchev–Trinajstić information content (AvgIpc) is 1.76. The molecule has 0 aliphatic carbocycles. The number of Topliss-reactive ketones (excluding diaryl/α,β-unsaturated/α-hetero) is 2. The molecule has 0 aromatic heterocycles. The molecule has 0 unspecified atom stereocenters. The van der Waals surface area contributed by atoms with Crippen molar-refractivity contribution in [3.63, 3.8) is 0 Å². The first kappa shape index (κ1) is 90.9. The molecule has 0 rings (SSSR count). The van der Waals surface area contributed by atoms with E-state index in [1.807, 2.05) is 0 Å². The summed E-state index contributed by atoms with van der Waals surface area (Å²) in [7, 11) is 0. The lowest BCUT2D eigenvalue weighted by Gasteiger charge is -1.80. The molecule has 0 heterocycles. The quantitative estimate of drug-likeness (QED) is 0.482. The first-order valence-electron chi connectivity index (χ1n) is 5.23. The molecule has 2 N–H and O–H groups in total.